The van der Waals surface area contributed by atoms with Crippen molar-refractivity contribution >= 4 is 77.6 Å². The van der Waals surface area contributed by atoms with Crippen LogP contribution in [0.4, 0.5) is 34.1 Å². The lowest BCUT2D eigenvalue weighted by Gasteiger charge is -2.27. The fourth-order valence-corrected chi connectivity index (χ4v) is 7.70. The van der Waals surface area contributed by atoms with Gasteiger partial charge >= 0.3 is 0 Å². The van der Waals surface area contributed by atoms with Crippen LogP contribution in [0.2, 0.25) is 0 Å². The Kier molecular flexibility index (Phi) is 7.47. The second-order valence-electron chi connectivity index (χ2n) is 13.4. The summed E-state index contributed by atoms with van der Waals surface area (Å²) in [5.74, 6) is 0. The number of anilines is 6. The molecule has 53 heavy (non-hydrogen) atoms. The van der Waals surface area contributed by atoms with Crippen LogP contribution in [0.25, 0.3) is 54.6 Å². The maximum absolute atomic E-state index is 6.35. The number of para-hydroxylation sites is 2. The highest BCUT2D eigenvalue weighted by Crippen LogP contribution is 2.43. The van der Waals surface area contributed by atoms with Gasteiger partial charge in [0.05, 0.1) is 11.4 Å². The second kappa shape index (κ2) is 12.9. The number of nitrogens with zero attached hydrogens (tertiary/aromatic N) is 2. The molecular weight excluding hydrogens is 645 g/mol. The molecule has 0 aliphatic carbocycles. The summed E-state index contributed by atoms with van der Waals surface area (Å²) >= 11 is 0. The molecule has 0 saturated carbocycles. The van der Waals surface area contributed by atoms with Gasteiger partial charge in [-0.2, -0.15) is 0 Å². The second-order valence-corrected chi connectivity index (χ2v) is 13.4. The van der Waals surface area contributed by atoms with Crippen molar-refractivity contribution in [2.45, 2.75) is 0 Å². The van der Waals surface area contributed by atoms with Gasteiger partial charge in [-0.1, -0.05) is 133 Å². The summed E-state index contributed by atoms with van der Waals surface area (Å²) in [6.45, 7) is 0. The van der Waals surface area contributed by atoms with E-state index in [1.165, 1.54) is 21.5 Å². The summed E-state index contributed by atoms with van der Waals surface area (Å²) in [6.07, 6.45) is 0. The molecule has 9 aromatic carbocycles. The smallest absolute Gasteiger partial charge is 0.137 e. The van der Waals surface area contributed by atoms with Gasteiger partial charge in [0, 0.05) is 50.4 Å². The van der Waals surface area contributed by atoms with E-state index in [1.54, 1.807) is 0 Å². The lowest BCUT2D eigenvalue weighted by Crippen LogP contribution is -2.10. The molecule has 0 aliphatic rings. The fraction of sp³-hybridized carbons (Fsp3) is 0. The van der Waals surface area contributed by atoms with Gasteiger partial charge in [0.2, 0.25) is 0 Å². The molecule has 0 bridgehead atoms. The van der Waals surface area contributed by atoms with Crippen molar-refractivity contribution in [2.75, 3.05) is 9.80 Å². The minimum absolute atomic E-state index is 0.874. The first-order valence-corrected chi connectivity index (χ1v) is 18.0. The molecule has 0 unspecified atom stereocenters. The van der Waals surface area contributed by atoms with E-state index in [1.807, 2.05) is 12.1 Å². The van der Waals surface area contributed by atoms with E-state index in [-0.39, 0.29) is 0 Å². The quantitative estimate of drug-likeness (QED) is 0.167. The van der Waals surface area contributed by atoms with Crippen molar-refractivity contribution in [3.63, 3.8) is 0 Å². The molecule has 250 valence electrons. The number of rotatable bonds is 7. The highest BCUT2D eigenvalue weighted by molar-refractivity contribution is 6.07. The van der Waals surface area contributed by atoms with E-state index >= 15 is 0 Å². The lowest BCUT2D eigenvalue weighted by atomic mass is 10.0. The summed E-state index contributed by atoms with van der Waals surface area (Å²) in [5, 5.41) is 7.07. The molecule has 0 amide bonds. The van der Waals surface area contributed by atoms with Gasteiger partial charge in [0.1, 0.15) is 11.2 Å². The van der Waals surface area contributed by atoms with Crippen LogP contribution < -0.4 is 9.80 Å². The first-order chi connectivity index (χ1) is 26.3. The zero-order valence-corrected chi connectivity index (χ0v) is 28.9. The van der Waals surface area contributed by atoms with Crippen molar-refractivity contribution in [3.8, 4) is 11.1 Å². The zero-order chi connectivity index (χ0) is 35.1. The van der Waals surface area contributed by atoms with Gasteiger partial charge < -0.3 is 14.2 Å². The van der Waals surface area contributed by atoms with Gasteiger partial charge in [-0.05, 0) is 88.6 Å². The summed E-state index contributed by atoms with van der Waals surface area (Å²) < 4.78 is 6.35. The number of furan rings is 1. The molecule has 1 aromatic heterocycles. The SMILES string of the molecule is c1ccc(N(c2ccc(-c3ccc(N(c4ccc5c(c4)oc4ccccc45)c4cccc5ccccc45)cc3)cc2)c2cccc3ccccc23)cc1. The van der Waals surface area contributed by atoms with E-state index in [0.717, 1.165) is 67.2 Å². The van der Waals surface area contributed by atoms with Crippen molar-refractivity contribution in [2.24, 2.45) is 0 Å². The molecule has 0 radical (unpaired) electrons. The molecule has 0 saturated heterocycles. The molecule has 0 aliphatic heterocycles. The van der Waals surface area contributed by atoms with Crippen LogP contribution in [0.3, 0.4) is 0 Å². The van der Waals surface area contributed by atoms with Crippen LogP contribution in [0.5, 0.6) is 0 Å². The number of fused-ring (bicyclic) bond motifs is 5. The van der Waals surface area contributed by atoms with Crippen LogP contribution in [0.1, 0.15) is 0 Å². The van der Waals surface area contributed by atoms with Gasteiger partial charge in [-0.25, -0.2) is 0 Å². The number of hydrogen-bond acceptors (Lipinski definition) is 3. The molecule has 10 rings (SSSR count). The zero-order valence-electron chi connectivity index (χ0n) is 28.9. The fourth-order valence-electron chi connectivity index (χ4n) is 7.70. The Hall–Kier alpha value is -7.10. The topological polar surface area (TPSA) is 19.6 Å². The number of hydrogen-bond donors (Lipinski definition) is 0. The molecule has 0 fully saturated rings. The molecule has 10 aromatic rings. The van der Waals surface area contributed by atoms with E-state index in [9.17, 15) is 0 Å². The first-order valence-electron chi connectivity index (χ1n) is 18.0. The third-order valence-electron chi connectivity index (χ3n) is 10.2. The monoisotopic (exact) mass is 678 g/mol. The summed E-state index contributed by atoms with van der Waals surface area (Å²) in [5.41, 5.74) is 10.7. The lowest BCUT2D eigenvalue weighted by molar-refractivity contribution is 0.669. The van der Waals surface area contributed by atoms with Gasteiger partial charge in [0.25, 0.3) is 0 Å². The predicted molar refractivity (Wildman–Crippen MR) is 224 cm³/mol. The predicted octanol–water partition coefficient (Wildman–Crippen LogP) is 14.5. The highest BCUT2D eigenvalue weighted by Gasteiger charge is 2.19. The van der Waals surface area contributed by atoms with Crippen molar-refractivity contribution in [3.05, 3.63) is 206 Å². The van der Waals surface area contributed by atoms with Crippen LogP contribution in [0.15, 0.2) is 211 Å². The Labute approximate surface area is 308 Å². The minimum atomic E-state index is 0.874. The van der Waals surface area contributed by atoms with E-state index < -0.39 is 0 Å². The molecule has 0 spiro atoms. The average molecular weight is 679 g/mol. The standard InChI is InChI=1S/C50H34N2O/c1-2-16-39(17-3-1)51(47-21-10-14-37-12-4-6-18-43(37)47)40-28-24-35(25-29-40)36-26-30-41(31-27-36)52(48-22-11-15-38-13-5-7-19-44(38)48)42-32-33-46-45-20-8-9-23-49(45)53-50(46)34-42/h1-34H. The number of benzene rings is 9. The highest BCUT2D eigenvalue weighted by atomic mass is 16.3. The van der Waals surface area contributed by atoms with E-state index in [0.29, 0.717) is 0 Å². The maximum Gasteiger partial charge on any atom is 0.137 e. The summed E-state index contributed by atoms with van der Waals surface area (Å²) in [4.78, 5) is 4.68. The van der Waals surface area contributed by atoms with Crippen LogP contribution >= 0.6 is 0 Å². The van der Waals surface area contributed by atoms with Gasteiger partial charge in [-0.15, -0.1) is 0 Å². The molecule has 0 atom stereocenters. The minimum Gasteiger partial charge on any atom is -0.456 e. The van der Waals surface area contributed by atoms with E-state index in [2.05, 4.69) is 204 Å². The summed E-state index contributed by atoms with van der Waals surface area (Å²) in [6, 6.07) is 73.4. The Balaban J connectivity index is 1.04. The van der Waals surface area contributed by atoms with Gasteiger partial charge in [-0.3, -0.25) is 0 Å². The first kappa shape index (κ1) is 30.7. The van der Waals surface area contributed by atoms with Gasteiger partial charge in [0.15, 0.2) is 0 Å². The molecule has 0 N–H and O–H groups in total. The molecule has 3 nitrogen and oxygen atoms in total. The largest absolute Gasteiger partial charge is 0.456 e. The van der Waals surface area contributed by atoms with Crippen LogP contribution in [-0.2, 0) is 0 Å². The normalized spacial score (nSPS) is 11.4. The molecular formula is C50H34N2O. The summed E-state index contributed by atoms with van der Waals surface area (Å²) in [7, 11) is 0. The van der Waals surface area contributed by atoms with E-state index in [4.69, 9.17) is 4.42 Å². The maximum atomic E-state index is 6.35. The van der Waals surface area contributed by atoms with Crippen LogP contribution in [-0.4, -0.2) is 0 Å². The molecule has 1 heterocycles. The third-order valence-corrected chi connectivity index (χ3v) is 10.2. The molecule has 3 heteroatoms. The average Bonchev–Trinajstić information content (AvgIpc) is 3.60. The van der Waals surface area contributed by atoms with Crippen LogP contribution in [0, 0.1) is 0 Å². The van der Waals surface area contributed by atoms with Crippen molar-refractivity contribution in [1.82, 2.24) is 0 Å². The third kappa shape index (κ3) is 5.47. The Morgan fingerprint density at radius 2 is 0.717 bits per heavy atom. The van der Waals surface area contributed by atoms with Crippen molar-refractivity contribution in [1.29, 1.82) is 0 Å². The Morgan fingerprint density at radius 1 is 0.283 bits per heavy atom. The Morgan fingerprint density at radius 3 is 1.32 bits per heavy atom. The van der Waals surface area contributed by atoms with Crippen molar-refractivity contribution < 1.29 is 4.42 Å². The Bertz CT molecular complexity index is 2880.